The molecule has 0 aliphatic carbocycles. The lowest BCUT2D eigenvalue weighted by molar-refractivity contribution is 0.102. The van der Waals surface area contributed by atoms with Crippen LogP contribution in [0, 0.1) is 13.8 Å². The summed E-state index contributed by atoms with van der Waals surface area (Å²) in [6.07, 6.45) is 3.64. The van der Waals surface area contributed by atoms with Gasteiger partial charge in [0.05, 0.1) is 11.3 Å². The van der Waals surface area contributed by atoms with Crippen molar-refractivity contribution in [3.8, 4) is 0 Å². The van der Waals surface area contributed by atoms with E-state index in [-0.39, 0.29) is 5.91 Å². The fraction of sp³-hybridized carbons (Fsp3) is 0.294. The van der Waals surface area contributed by atoms with Crippen molar-refractivity contribution in [2.45, 2.75) is 26.7 Å². The molecule has 2 rings (SSSR count). The summed E-state index contributed by atoms with van der Waals surface area (Å²) in [4.78, 5) is 12.5. The second-order valence-electron chi connectivity index (χ2n) is 5.11. The van der Waals surface area contributed by atoms with Crippen LogP contribution < -0.4 is 5.32 Å². The maximum atomic E-state index is 12.5. The van der Waals surface area contributed by atoms with Crippen LogP contribution in [0.5, 0.6) is 0 Å². The van der Waals surface area contributed by atoms with Crippen molar-refractivity contribution < 1.29 is 4.79 Å². The third kappa shape index (κ3) is 3.21. The first-order valence-corrected chi connectivity index (χ1v) is 7.05. The monoisotopic (exact) mass is 283 g/mol. The van der Waals surface area contributed by atoms with Crippen LogP contribution in [0.25, 0.3) is 0 Å². The Kier molecular flexibility index (Phi) is 4.58. The predicted molar refractivity (Wildman–Crippen MR) is 85.6 cm³/mol. The lowest BCUT2D eigenvalue weighted by Gasteiger charge is -2.10. The van der Waals surface area contributed by atoms with E-state index in [9.17, 15) is 4.79 Å². The lowest BCUT2D eigenvalue weighted by Crippen LogP contribution is -2.15. The summed E-state index contributed by atoms with van der Waals surface area (Å²) in [6.45, 7) is 7.50. The minimum Gasteiger partial charge on any atom is -0.322 e. The van der Waals surface area contributed by atoms with Gasteiger partial charge in [0.15, 0.2) is 0 Å². The minimum atomic E-state index is -0.107. The number of hydrogen-bond acceptors (Lipinski definition) is 2. The molecular weight excluding hydrogens is 262 g/mol. The number of rotatable bonds is 5. The zero-order valence-corrected chi connectivity index (χ0v) is 12.8. The number of amides is 1. The molecule has 1 aromatic carbocycles. The Morgan fingerprint density at radius 2 is 2.10 bits per heavy atom. The molecule has 0 saturated carbocycles. The van der Waals surface area contributed by atoms with Crippen molar-refractivity contribution in [1.82, 2.24) is 9.78 Å². The van der Waals surface area contributed by atoms with Crippen LogP contribution in [-0.4, -0.2) is 15.7 Å². The van der Waals surface area contributed by atoms with E-state index < -0.39 is 0 Å². The van der Waals surface area contributed by atoms with Crippen LogP contribution in [0.2, 0.25) is 0 Å². The Hall–Kier alpha value is -2.36. The number of nitrogens with zero attached hydrogens (tertiary/aromatic N) is 2. The predicted octanol–water partition coefficient (Wildman–Crippen LogP) is 3.41. The van der Waals surface area contributed by atoms with Gasteiger partial charge in [-0.25, -0.2) is 0 Å². The fourth-order valence-corrected chi connectivity index (χ4v) is 2.40. The van der Waals surface area contributed by atoms with E-state index in [1.807, 2.05) is 51.2 Å². The minimum absolute atomic E-state index is 0.107. The number of aryl methyl sites for hydroxylation is 3. The topological polar surface area (TPSA) is 46.9 Å². The highest BCUT2D eigenvalue weighted by Crippen LogP contribution is 2.20. The molecule has 0 atom stereocenters. The van der Waals surface area contributed by atoms with E-state index in [0.29, 0.717) is 5.56 Å². The lowest BCUT2D eigenvalue weighted by atomic mass is 10.1. The van der Waals surface area contributed by atoms with Crippen LogP contribution in [0.15, 0.2) is 36.9 Å². The van der Waals surface area contributed by atoms with Crippen molar-refractivity contribution >= 4 is 11.6 Å². The molecule has 1 N–H and O–H groups in total. The van der Waals surface area contributed by atoms with E-state index in [1.54, 1.807) is 4.68 Å². The summed E-state index contributed by atoms with van der Waals surface area (Å²) in [5, 5.41) is 7.29. The van der Waals surface area contributed by atoms with Gasteiger partial charge in [0.1, 0.15) is 0 Å². The van der Waals surface area contributed by atoms with Gasteiger partial charge in [-0.3, -0.25) is 9.48 Å². The van der Waals surface area contributed by atoms with Crippen molar-refractivity contribution in [3.05, 3.63) is 59.4 Å². The molecule has 2 aromatic rings. The van der Waals surface area contributed by atoms with Gasteiger partial charge in [0.25, 0.3) is 5.91 Å². The number of carbonyl (C=O) groups excluding carboxylic acids is 1. The van der Waals surface area contributed by atoms with Crippen LogP contribution in [-0.2, 0) is 13.5 Å². The molecule has 0 unspecified atom stereocenters. The number of hydrogen-bond donors (Lipinski definition) is 1. The Balaban J connectivity index is 2.25. The summed E-state index contributed by atoms with van der Waals surface area (Å²) in [5.74, 6) is -0.107. The number of benzene rings is 1. The maximum Gasteiger partial charge on any atom is 0.259 e. The van der Waals surface area contributed by atoms with E-state index in [2.05, 4.69) is 17.0 Å². The molecule has 0 aliphatic heterocycles. The Labute approximate surface area is 125 Å². The third-order valence-corrected chi connectivity index (χ3v) is 3.62. The van der Waals surface area contributed by atoms with Gasteiger partial charge in [0, 0.05) is 18.4 Å². The largest absolute Gasteiger partial charge is 0.322 e. The first-order chi connectivity index (χ1) is 10.0. The number of allylic oxidation sites excluding steroid dienone is 1. The zero-order valence-electron chi connectivity index (χ0n) is 12.8. The molecule has 1 amide bonds. The number of anilines is 1. The second-order valence-corrected chi connectivity index (χ2v) is 5.11. The highest BCUT2D eigenvalue weighted by atomic mass is 16.1. The summed E-state index contributed by atoms with van der Waals surface area (Å²) in [6, 6.07) is 7.87. The van der Waals surface area contributed by atoms with E-state index >= 15 is 0 Å². The average molecular weight is 283 g/mol. The van der Waals surface area contributed by atoms with Crippen LogP contribution in [0.4, 0.5) is 5.69 Å². The average Bonchev–Trinajstić information content (AvgIpc) is 2.71. The Morgan fingerprint density at radius 3 is 2.71 bits per heavy atom. The molecule has 0 fully saturated rings. The molecule has 110 valence electrons. The highest BCUT2D eigenvalue weighted by molar-refractivity contribution is 6.06. The standard InChI is InChI=1S/C17H21N3O/c1-5-6-9-14-10-7-8-11-15(14)18-17(21)16-12(2)19-20(4)13(16)3/h5,7-8,10-11H,1,6,9H2,2-4H3,(H,18,21). The van der Waals surface area contributed by atoms with E-state index in [1.165, 1.54) is 0 Å². The van der Waals surface area contributed by atoms with Crippen LogP contribution in [0.1, 0.15) is 33.7 Å². The van der Waals surface area contributed by atoms with Crippen LogP contribution in [0.3, 0.4) is 0 Å². The van der Waals surface area contributed by atoms with Gasteiger partial charge >= 0.3 is 0 Å². The Morgan fingerprint density at radius 1 is 1.38 bits per heavy atom. The van der Waals surface area contributed by atoms with Crippen molar-refractivity contribution in [3.63, 3.8) is 0 Å². The summed E-state index contributed by atoms with van der Waals surface area (Å²) in [7, 11) is 1.84. The van der Waals surface area contributed by atoms with Crippen molar-refractivity contribution in [2.24, 2.45) is 7.05 Å². The molecule has 0 spiro atoms. The van der Waals surface area contributed by atoms with Gasteiger partial charge in [0.2, 0.25) is 0 Å². The first-order valence-electron chi connectivity index (χ1n) is 7.05. The molecule has 0 bridgehead atoms. The summed E-state index contributed by atoms with van der Waals surface area (Å²) >= 11 is 0. The smallest absolute Gasteiger partial charge is 0.259 e. The van der Waals surface area contributed by atoms with Gasteiger partial charge in [-0.15, -0.1) is 6.58 Å². The maximum absolute atomic E-state index is 12.5. The number of carbonyl (C=O) groups is 1. The normalized spacial score (nSPS) is 10.4. The van der Waals surface area contributed by atoms with Crippen LogP contribution >= 0.6 is 0 Å². The Bertz CT molecular complexity index is 671. The molecule has 0 aliphatic rings. The fourth-order valence-electron chi connectivity index (χ4n) is 2.40. The quantitative estimate of drug-likeness (QED) is 0.855. The zero-order chi connectivity index (χ0) is 15.4. The summed E-state index contributed by atoms with van der Waals surface area (Å²) in [5.41, 5.74) is 4.23. The van der Waals surface area contributed by atoms with Crippen molar-refractivity contribution in [2.75, 3.05) is 5.32 Å². The summed E-state index contributed by atoms with van der Waals surface area (Å²) < 4.78 is 1.73. The van der Waals surface area contributed by atoms with E-state index in [0.717, 1.165) is 35.5 Å². The first kappa shape index (κ1) is 15.0. The van der Waals surface area contributed by atoms with Gasteiger partial charge in [-0.2, -0.15) is 5.10 Å². The van der Waals surface area contributed by atoms with Gasteiger partial charge < -0.3 is 5.32 Å². The molecule has 21 heavy (non-hydrogen) atoms. The van der Waals surface area contributed by atoms with Gasteiger partial charge in [-0.05, 0) is 38.3 Å². The number of nitrogens with one attached hydrogen (secondary N) is 1. The SMILES string of the molecule is C=CCCc1ccccc1NC(=O)c1c(C)nn(C)c1C. The van der Waals surface area contributed by atoms with E-state index in [4.69, 9.17) is 0 Å². The molecule has 4 nitrogen and oxygen atoms in total. The molecule has 0 saturated heterocycles. The van der Waals surface area contributed by atoms with Gasteiger partial charge in [-0.1, -0.05) is 24.3 Å². The molecule has 0 radical (unpaired) electrons. The second kappa shape index (κ2) is 6.39. The third-order valence-electron chi connectivity index (χ3n) is 3.62. The molecule has 1 aromatic heterocycles. The molecule has 1 heterocycles. The van der Waals surface area contributed by atoms with Crippen molar-refractivity contribution in [1.29, 1.82) is 0 Å². The number of aromatic nitrogens is 2. The number of para-hydroxylation sites is 1. The highest BCUT2D eigenvalue weighted by Gasteiger charge is 2.18. The molecular formula is C17H21N3O. The molecule has 4 heteroatoms.